The molecule has 0 aromatic heterocycles. The number of rotatable bonds is 5. The second kappa shape index (κ2) is 5.97. The van der Waals surface area contributed by atoms with Gasteiger partial charge in [-0.2, -0.15) is 0 Å². The molecule has 0 saturated heterocycles. The van der Waals surface area contributed by atoms with Gasteiger partial charge in [0.05, 0.1) is 11.4 Å². The summed E-state index contributed by atoms with van der Waals surface area (Å²) in [5.41, 5.74) is 7.69. The molecule has 1 rings (SSSR count). The first kappa shape index (κ1) is 13.1. The van der Waals surface area contributed by atoms with E-state index in [1.807, 2.05) is 25.2 Å². The Balaban J connectivity index is 2.58. The molecule has 16 heavy (non-hydrogen) atoms. The van der Waals surface area contributed by atoms with Crippen molar-refractivity contribution in [1.29, 1.82) is 0 Å². The lowest BCUT2D eigenvalue weighted by Gasteiger charge is -2.22. The summed E-state index contributed by atoms with van der Waals surface area (Å²) in [5, 5.41) is 0.726. The van der Waals surface area contributed by atoms with Crippen molar-refractivity contribution in [3.05, 3.63) is 23.2 Å². The van der Waals surface area contributed by atoms with E-state index in [1.165, 1.54) is 0 Å². The molecular formula is C12H20ClN3. The summed E-state index contributed by atoms with van der Waals surface area (Å²) >= 11 is 5.95. The lowest BCUT2D eigenvalue weighted by Crippen LogP contribution is -2.24. The van der Waals surface area contributed by atoms with Gasteiger partial charge in [0.1, 0.15) is 0 Å². The number of nitrogen functional groups attached to an aromatic ring is 1. The molecule has 0 aliphatic carbocycles. The van der Waals surface area contributed by atoms with Crippen LogP contribution in [0.25, 0.3) is 0 Å². The zero-order chi connectivity index (χ0) is 12.1. The molecule has 0 spiro atoms. The predicted octanol–water partition coefficient (Wildman–Crippen LogP) is 2.31. The minimum Gasteiger partial charge on any atom is -0.397 e. The molecular weight excluding hydrogens is 222 g/mol. The normalized spacial score (nSPS) is 10.8. The first-order valence-corrected chi connectivity index (χ1v) is 5.79. The number of hydrogen-bond donors (Lipinski definition) is 1. The lowest BCUT2D eigenvalue weighted by atomic mass is 10.2. The number of halogens is 1. The summed E-state index contributed by atoms with van der Waals surface area (Å²) in [6, 6.07) is 5.57. The number of nitrogens with two attached hydrogens (primary N) is 1. The maximum atomic E-state index is 5.95. The Bertz CT molecular complexity index is 339. The van der Waals surface area contributed by atoms with Gasteiger partial charge in [0, 0.05) is 18.6 Å². The van der Waals surface area contributed by atoms with Crippen molar-refractivity contribution in [2.24, 2.45) is 0 Å². The van der Waals surface area contributed by atoms with E-state index < -0.39 is 0 Å². The van der Waals surface area contributed by atoms with Crippen molar-refractivity contribution in [3.8, 4) is 0 Å². The Morgan fingerprint density at radius 1 is 1.19 bits per heavy atom. The van der Waals surface area contributed by atoms with Crippen molar-refractivity contribution >= 4 is 23.0 Å². The van der Waals surface area contributed by atoms with Gasteiger partial charge in [-0.1, -0.05) is 11.6 Å². The molecule has 0 fully saturated rings. The molecule has 0 unspecified atom stereocenters. The van der Waals surface area contributed by atoms with Gasteiger partial charge < -0.3 is 15.5 Å². The van der Waals surface area contributed by atoms with Crippen LogP contribution >= 0.6 is 11.6 Å². The molecule has 0 heterocycles. The minimum atomic E-state index is 0.726. The van der Waals surface area contributed by atoms with E-state index >= 15 is 0 Å². The third-order valence-electron chi connectivity index (χ3n) is 2.50. The summed E-state index contributed by atoms with van der Waals surface area (Å²) in [5.74, 6) is 0. The van der Waals surface area contributed by atoms with E-state index in [0.29, 0.717) is 0 Å². The van der Waals surface area contributed by atoms with E-state index in [1.54, 1.807) is 0 Å². The minimum absolute atomic E-state index is 0.726. The zero-order valence-electron chi connectivity index (χ0n) is 10.2. The van der Waals surface area contributed by atoms with Crippen LogP contribution in [-0.4, -0.2) is 39.1 Å². The molecule has 3 nitrogen and oxygen atoms in total. The number of anilines is 2. The third kappa shape index (κ3) is 3.91. The summed E-state index contributed by atoms with van der Waals surface area (Å²) < 4.78 is 0. The Labute approximate surface area is 103 Å². The Hall–Kier alpha value is -0.930. The zero-order valence-corrected chi connectivity index (χ0v) is 11.0. The van der Waals surface area contributed by atoms with Crippen LogP contribution < -0.4 is 10.6 Å². The Morgan fingerprint density at radius 3 is 2.50 bits per heavy atom. The predicted molar refractivity (Wildman–Crippen MR) is 72.3 cm³/mol. The molecule has 4 heteroatoms. The largest absolute Gasteiger partial charge is 0.397 e. The van der Waals surface area contributed by atoms with E-state index in [4.69, 9.17) is 17.3 Å². The van der Waals surface area contributed by atoms with Gasteiger partial charge >= 0.3 is 0 Å². The van der Waals surface area contributed by atoms with Crippen LogP contribution in [0.1, 0.15) is 6.42 Å². The number of nitrogens with zero attached hydrogens (tertiary/aromatic N) is 2. The quantitative estimate of drug-likeness (QED) is 0.803. The molecule has 0 saturated carbocycles. The van der Waals surface area contributed by atoms with E-state index in [2.05, 4.69) is 23.9 Å². The first-order chi connectivity index (χ1) is 7.50. The fourth-order valence-electron chi connectivity index (χ4n) is 1.59. The van der Waals surface area contributed by atoms with Gasteiger partial charge in [-0.15, -0.1) is 0 Å². The highest BCUT2D eigenvalue weighted by Gasteiger charge is 2.05. The Kier molecular flexibility index (Phi) is 4.90. The number of benzene rings is 1. The third-order valence-corrected chi connectivity index (χ3v) is 2.74. The van der Waals surface area contributed by atoms with Crippen LogP contribution in [0, 0.1) is 0 Å². The van der Waals surface area contributed by atoms with Gasteiger partial charge in [-0.3, -0.25) is 0 Å². The smallest absolute Gasteiger partial charge is 0.0612 e. The standard InChI is InChI=1S/C12H20ClN3/c1-15(2)7-4-8-16(3)12-9-10(13)5-6-11(12)14/h5-6,9H,4,7-8,14H2,1-3H3. The van der Waals surface area contributed by atoms with Crippen molar-refractivity contribution in [2.75, 3.05) is 44.9 Å². The second-order valence-electron chi connectivity index (χ2n) is 4.28. The highest BCUT2D eigenvalue weighted by Crippen LogP contribution is 2.25. The highest BCUT2D eigenvalue weighted by atomic mass is 35.5. The van der Waals surface area contributed by atoms with Crippen LogP contribution in [0.3, 0.4) is 0 Å². The molecule has 2 N–H and O–H groups in total. The molecule has 1 aromatic carbocycles. The van der Waals surface area contributed by atoms with Gasteiger partial charge in [-0.25, -0.2) is 0 Å². The fraction of sp³-hybridized carbons (Fsp3) is 0.500. The summed E-state index contributed by atoms with van der Waals surface area (Å²) in [6.45, 7) is 2.05. The monoisotopic (exact) mass is 241 g/mol. The van der Waals surface area contributed by atoms with Gasteiger partial charge in [0.15, 0.2) is 0 Å². The molecule has 0 aliphatic heterocycles. The average Bonchev–Trinajstić information content (AvgIpc) is 2.21. The van der Waals surface area contributed by atoms with Gasteiger partial charge in [0.25, 0.3) is 0 Å². The SMILES string of the molecule is CN(C)CCCN(C)c1cc(Cl)ccc1N. The van der Waals surface area contributed by atoms with E-state index in [9.17, 15) is 0 Å². The summed E-state index contributed by atoms with van der Waals surface area (Å²) in [7, 11) is 6.19. The summed E-state index contributed by atoms with van der Waals surface area (Å²) in [4.78, 5) is 4.32. The second-order valence-corrected chi connectivity index (χ2v) is 4.72. The maximum absolute atomic E-state index is 5.95. The number of hydrogen-bond acceptors (Lipinski definition) is 3. The highest BCUT2D eigenvalue weighted by molar-refractivity contribution is 6.31. The van der Waals surface area contributed by atoms with E-state index in [0.717, 1.165) is 35.9 Å². The molecule has 90 valence electrons. The van der Waals surface area contributed by atoms with Crippen molar-refractivity contribution in [1.82, 2.24) is 4.90 Å². The van der Waals surface area contributed by atoms with Crippen LogP contribution in [0.2, 0.25) is 5.02 Å². The topological polar surface area (TPSA) is 32.5 Å². The molecule has 0 aliphatic rings. The fourth-order valence-corrected chi connectivity index (χ4v) is 1.76. The van der Waals surface area contributed by atoms with E-state index in [-0.39, 0.29) is 0 Å². The van der Waals surface area contributed by atoms with Crippen molar-refractivity contribution in [3.63, 3.8) is 0 Å². The van der Waals surface area contributed by atoms with Crippen molar-refractivity contribution in [2.45, 2.75) is 6.42 Å². The molecule has 0 radical (unpaired) electrons. The maximum Gasteiger partial charge on any atom is 0.0612 e. The van der Waals surface area contributed by atoms with Crippen LogP contribution in [0.4, 0.5) is 11.4 Å². The van der Waals surface area contributed by atoms with Crippen molar-refractivity contribution < 1.29 is 0 Å². The van der Waals surface area contributed by atoms with Crippen LogP contribution in [-0.2, 0) is 0 Å². The summed E-state index contributed by atoms with van der Waals surface area (Å²) in [6.07, 6.45) is 1.11. The van der Waals surface area contributed by atoms with Crippen LogP contribution in [0.15, 0.2) is 18.2 Å². The average molecular weight is 242 g/mol. The molecule has 0 atom stereocenters. The molecule has 0 amide bonds. The lowest BCUT2D eigenvalue weighted by molar-refractivity contribution is 0.402. The Morgan fingerprint density at radius 2 is 1.88 bits per heavy atom. The molecule has 0 bridgehead atoms. The first-order valence-electron chi connectivity index (χ1n) is 5.41. The van der Waals surface area contributed by atoms with Crippen LogP contribution in [0.5, 0.6) is 0 Å². The molecule has 1 aromatic rings. The van der Waals surface area contributed by atoms with Gasteiger partial charge in [-0.05, 0) is 45.3 Å². The van der Waals surface area contributed by atoms with Gasteiger partial charge in [0.2, 0.25) is 0 Å².